The van der Waals surface area contributed by atoms with Crippen LogP contribution in [-0.4, -0.2) is 20.2 Å². The standard InChI is InChI=1S/C7H3Cl2NO.C2H7N/c8-6-2-1-5(10-4-11)3-7(6)9;1-3-2/h1-3H;3H,1-2H3. The third kappa shape index (κ3) is 5.00. The molecule has 0 aromatic heterocycles. The number of benzene rings is 1. The Balaban J connectivity index is 0.000000500. The second-order valence-electron chi connectivity index (χ2n) is 2.30. The number of halogens is 2. The molecule has 1 aromatic rings. The van der Waals surface area contributed by atoms with Gasteiger partial charge in [-0.1, -0.05) is 23.2 Å². The summed E-state index contributed by atoms with van der Waals surface area (Å²) in [6.07, 6.45) is 1.40. The van der Waals surface area contributed by atoms with Gasteiger partial charge in [-0.25, -0.2) is 4.79 Å². The van der Waals surface area contributed by atoms with Crippen molar-refractivity contribution in [3.63, 3.8) is 0 Å². The lowest BCUT2D eigenvalue weighted by Gasteiger charge is -1.93. The fourth-order valence-corrected chi connectivity index (χ4v) is 0.900. The molecule has 0 aliphatic carbocycles. The van der Waals surface area contributed by atoms with Gasteiger partial charge in [0.25, 0.3) is 0 Å². The monoisotopic (exact) mass is 232 g/mol. The molecule has 0 aliphatic heterocycles. The Hall–Kier alpha value is -0.860. The average Bonchev–Trinajstić information content (AvgIpc) is 2.13. The molecule has 0 saturated heterocycles. The molecule has 0 bridgehead atoms. The first-order valence-corrected chi connectivity index (χ1v) is 4.52. The zero-order valence-electron chi connectivity index (χ0n) is 7.84. The molecule has 0 amide bonds. The van der Waals surface area contributed by atoms with Crippen LogP contribution in [-0.2, 0) is 4.79 Å². The van der Waals surface area contributed by atoms with E-state index in [2.05, 4.69) is 10.3 Å². The van der Waals surface area contributed by atoms with Crippen molar-refractivity contribution < 1.29 is 4.79 Å². The van der Waals surface area contributed by atoms with Gasteiger partial charge in [0.05, 0.1) is 15.7 Å². The highest BCUT2D eigenvalue weighted by Gasteiger charge is 1.96. The van der Waals surface area contributed by atoms with E-state index in [4.69, 9.17) is 23.2 Å². The van der Waals surface area contributed by atoms with Crippen molar-refractivity contribution in [3.8, 4) is 0 Å². The molecule has 0 fully saturated rings. The van der Waals surface area contributed by atoms with Gasteiger partial charge in [0.15, 0.2) is 0 Å². The fourth-order valence-electron chi connectivity index (χ4n) is 0.607. The molecule has 0 heterocycles. The van der Waals surface area contributed by atoms with Gasteiger partial charge in [0, 0.05) is 0 Å². The molecule has 0 atom stereocenters. The molecule has 5 heteroatoms. The van der Waals surface area contributed by atoms with Crippen LogP contribution in [0.1, 0.15) is 0 Å². The maximum atomic E-state index is 9.80. The smallest absolute Gasteiger partial charge is 0.240 e. The van der Waals surface area contributed by atoms with E-state index in [-0.39, 0.29) is 0 Å². The summed E-state index contributed by atoms with van der Waals surface area (Å²) in [4.78, 5) is 13.2. The zero-order valence-corrected chi connectivity index (χ0v) is 9.36. The minimum absolute atomic E-state index is 0.378. The lowest BCUT2D eigenvalue weighted by Crippen LogP contribution is -1.89. The second kappa shape index (κ2) is 7.54. The van der Waals surface area contributed by atoms with E-state index in [1.165, 1.54) is 12.1 Å². The van der Waals surface area contributed by atoms with E-state index in [9.17, 15) is 4.79 Å². The Morgan fingerprint density at radius 2 is 1.86 bits per heavy atom. The Bertz CT molecular complexity index is 336. The summed E-state index contributed by atoms with van der Waals surface area (Å²) in [6, 6.07) is 4.65. The molecule has 1 rings (SSSR count). The summed E-state index contributed by atoms with van der Waals surface area (Å²) < 4.78 is 0. The van der Waals surface area contributed by atoms with E-state index >= 15 is 0 Å². The van der Waals surface area contributed by atoms with Crippen LogP contribution in [0.2, 0.25) is 10.0 Å². The topological polar surface area (TPSA) is 41.5 Å². The first-order valence-electron chi connectivity index (χ1n) is 3.77. The first kappa shape index (κ1) is 13.1. The normalized spacial score (nSPS) is 8.29. The maximum Gasteiger partial charge on any atom is 0.240 e. The Morgan fingerprint density at radius 3 is 2.29 bits per heavy atom. The number of aliphatic imine (C=N–C) groups is 1. The van der Waals surface area contributed by atoms with Crippen molar-refractivity contribution in [2.24, 2.45) is 4.99 Å². The van der Waals surface area contributed by atoms with Crippen LogP contribution in [0.5, 0.6) is 0 Å². The largest absolute Gasteiger partial charge is 0.323 e. The highest BCUT2D eigenvalue weighted by atomic mass is 35.5. The number of rotatable bonds is 1. The number of carbonyl (C=O) groups excluding carboxylic acids is 1. The molecule has 0 saturated carbocycles. The number of nitrogens with one attached hydrogen (secondary N) is 1. The summed E-state index contributed by atoms with van der Waals surface area (Å²) in [5.41, 5.74) is 0.453. The van der Waals surface area contributed by atoms with Crippen molar-refractivity contribution in [1.29, 1.82) is 0 Å². The molecular weight excluding hydrogens is 223 g/mol. The van der Waals surface area contributed by atoms with Crippen molar-refractivity contribution in [2.45, 2.75) is 0 Å². The van der Waals surface area contributed by atoms with Gasteiger partial charge in [-0.15, -0.1) is 0 Å². The Morgan fingerprint density at radius 1 is 1.29 bits per heavy atom. The number of isocyanates is 1. The molecule has 0 aliphatic rings. The second-order valence-corrected chi connectivity index (χ2v) is 3.12. The molecular formula is C9H10Cl2N2O. The number of nitrogens with zero attached hydrogens (tertiary/aromatic N) is 1. The summed E-state index contributed by atoms with van der Waals surface area (Å²) in [5, 5.41) is 3.57. The van der Waals surface area contributed by atoms with Gasteiger partial charge in [-0.3, -0.25) is 0 Å². The SMILES string of the molecule is CNC.O=C=Nc1ccc(Cl)c(Cl)c1. The van der Waals surface area contributed by atoms with Crippen molar-refractivity contribution in [3.05, 3.63) is 28.2 Å². The maximum absolute atomic E-state index is 9.80. The zero-order chi connectivity index (χ0) is 11.0. The van der Waals surface area contributed by atoms with Gasteiger partial charge in [0.1, 0.15) is 0 Å². The summed E-state index contributed by atoms with van der Waals surface area (Å²) in [5.74, 6) is 0. The van der Waals surface area contributed by atoms with Gasteiger partial charge in [-0.05, 0) is 32.3 Å². The average molecular weight is 233 g/mol. The summed E-state index contributed by atoms with van der Waals surface area (Å²) in [6.45, 7) is 0. The van der Waals surface area contributed by atoms with Crippen molar-refractivity contribution >= 4 is 35.0 Å². The van der Waals surface area contributed by atoms with Crippen LogP contribution in [0, 0.1) is 0 Å². The third-order valence-electron chi connectivity index (χ3n) is 1.08. The van der Waals surface area contributed by atoms with Crippen LogP contribution >= 0.6 is 23.2 Å². The van der Waals surface area contributed by atoms with Crippen LogP contribution in [0.4, 0.5) is 5.69 Å². The van der Waals surface area contributed by atoms with Crippen LogP contribution < -0.4 is 5.32 Å². The highest BCUT2D eigenvalue weighted by Crippen LogP contribution is 2.25. The highest BCUT2D eigenvalue weighted by molar-refractivity contribution is 6.42. The third-order valence-corrected chi connectivity index (χ3v) is 1.82. The minimum Gasteiger partial charge on any atom is -0.323 e. The van der Waals surface area contributed by atoms with E-state index in [1.54, 1.807) is 12.1 Å². The Kier molecular flexibility index (Phi) is 7.07. The molecule has 3 nitrogen and oxygen atoms in total. The lowest BCUT2D eigenvalue weighted by atomic mass is 10.3. The van der Waals surface area contributed by atoms with Gasteiger partial charge < -0.3 is 5.32 Å². The molecule has 0 radical (unpaired) electrons. The van der Waals surface area contributed by atoms with Crippen LogP contribution in [0.25, 0.3) is 0 Å². The first-order chi connectivity index (χ1) is 6.65. The quantitative estimate of drug-likeness (QED) is 0.598. The van der Waals surface area contributed by atoms with Gasteiger partial charge in [-0.2, -0.15) is 4.99 Å². The summed E-state index contributed by atoms with van der Waals surface area (Å²) >= 11 is 11.2. The van der Waals surface area contributed by atoms with E-state index in [1.807, 2.05) is 14.1 Å². The summed E-state index contributed by atoms with van der Waals surface area (Å²) in [7, 11) is 3.75. The lowest BCUT2D eigenvalue weighted by molar-refractivity contribution is 0.565. The molecule has 0 spiro atoms. The van der Waals surface area contributed by atoms with Gasteiger partial charge in [0.2, 0.25) is 6.08 Å². The minimum atomic E-state index is 0.378. The van der Waals surface area contributed by atoms with Crippen LogP contribution in [0.15, 0.2) is 23.2 Å². The Labute approximate surface area is 92.7 Å². The molecule has 1 N–H and O–H groups in total. The van der Waals surface area contributed by atoms with Crippen molar-refractivity contribution in [2.75, 3.05) is 14.1 Å². The van der Waals surface area contributed by atoms with E-state index in [0.29, 0.717) is 15.7 Å². The fraction of sp³-hybridized carbons (Fsp3) is 0.222. The molecule has 76 valence electrons. The van der Waals surface area contributed by atoms with Crippen molar-refractivity contribution in [1.82, 2.24) is 5.32 Å². The predicted molar refractivity (Wildman–Crippen MR) is 59.2 cm³/mol. The van der Waals surface area contributed by atoms with Crippen LogP contribution in [0.3, 0.4) is 0 Å². The number of hydrogen-bond acceptors (Lipinski definition) is 3. The van der Waals surface area contributed by atoms with E-state index in [0.717, 1.165) is 0 Å². The molecule has 0 unspecified atom stereocenters. The number of hydrogen-bond donors (Lipinski definition) is 1. The molecule has 1 aromatic carbocycles. The van der Waals surface area contributed by atoms with E-state index < -0.39 is 0 Å². The predicted octanol–water partition coefficient (Wildman–Crippen LogP) is 2.80. The van der Waals surface area contributed by atoms with Gasteiger partial charge >= 0.3 is 0 Å². The molecule has 14 heavy (non-hydrogen) atoms.